The lowest BCUT2D eigenvalue weighted by molar-refractivity contribution is 0.298. The highest BCUT2D eigenvalue weighted by Crippen LogP contribution is 2.25. The molecule has 1 aromatic carbocycles. The van der Waals surface area contributed by atoms with Crippen LogP contribution in [0.1, 0.15) is 36.8 Å². The number of likely N-dealkylation sites (tertiary alicyclic amines) is 1. The van der Waals surface area contributed by atoms with E-state index in [1.54, 1.807) is 12.6 Å². The van der Waals surface area contributed by atoms with Crippen LogP contribution in [0.4, 0.5) is 5.69 Å². The number of piperidine rings is 1. The first kappa shape index (κ1) is 25.1. The average molecular weight is 563 g/mol. The number of nitrogens with zero attached hydrogens (tertiary/aromatic N) is 5. The third-order valence-electron chi connectivity index (χ3n) is 5.96. The summed E-state index contributed by atoms with van der Waals surface area (Å²) in [5.41, 5.74) is 1.24. The molecular weight excluding hydrogens is 529 g/mol. The van der Waals surface area contributed by atoms with Gasteiger partial charge in [-0.15, -0.1) is 24.0 Å². The maximum absolute atomic E-state index is 5.47. The second-order valence-corrected chi connectivity index (χ2v) is 8.20. The van der Waals surface area contributed by atoms with Gasteiger partial charge in [0.2, 0.25) is 0 Å². The standard InChI is InChI=1S/C24H33N7O.HI/c1-30(21-7-3-2-4-8-21)15-6-13-25-24(26-14-10-22-9-5-18-32-22)31-16-11-20(12-17-31)23-27-19-28-29-23;/h2-5,7-9,18-20H,6,10-17H2,1H3,(H,25,26)(H,27,28,29);1H. The maximum Gasteiger partial charge on any atom is 0.193 e. The molecule has 4 rings (SSSR count). The largest absolute Gasteiger partial charge is 0.469 e. The molecule has 3 heterocycles. The number of para-hydroxylation sites is 1. The van der Waals surface area contributed by atoms with Crippen LogP contribution >= 0.6 is 24.0 Å². The van der Waals surface area contributed by atoms with E-state index in [4.69, 9.17) is 9.41 Å². The number of aliphatic imine (C=N–C) groups is 1. The van der Waals surface area contributed by atoms with Crippen LogP contribution in [-0.2, 0) is 6.42 Å². The van der Waals surface area contributed by atoms with E-state index in [0.29, 0.717) is 5.92 Å². The van der Waals surface area contributed by atoms with Crippen molar-refractivity contribution in [3.8, 4) is 0 Å². The van der Waals surface area contributed by atoms with Gasteiger partial charge in [-0.1, -0.05) is 18.2 Å². The molecule has 0 unspecified atom stereocenters. The smallest absolute Gasteiger partial charge is 0.193 e. The van der Waals surface area contributed by atoms with E-state index >= 15 is 0 Å². The molecule has 3 aromatic rings. The minimum Gasteiger partial charge on any atom is -0.469 e. The summed E-state index contributed by atoms with van der Waals surface area (Å²) in [5.74, 6) is 3.43. The summed E-state index contributed by atoms with van der Waals surface area (Å²) in [6, 6.07) is 14.4. The number of halogens is 1. The molecule has 0 bridgehead atoms. The lowest BCUT2D eigenvalue weighted by Crippen LogP contribution is -2.46. The van der Waals surface area contributed by atoms with Gasteiger partial charge in [-0.3, -0.25) is 10.1 Å². The van der Waals surface area contributed by atoms with E-state index in [1.807, 2.05) is 18.2 Å². The predicted octanol–water partition coefficient (Wildman–Crippen LogP) is 3.91. The number of hydrogen-bond acceptors (Lipinski definition) is 5. The molecule has 0 spiro atoms. The molecule has 0 saturated carbocycles. The highest BCUT2D eigenvalue weighted by molar-refractivity contribution is 14.0. The molecule has 1 fully saturated rings. The quantitative estimate of drug-likeness (QED) is 0.178. The van der Waals surface area contributed by atoms with Crippen LogP contribution in [0.15, 0.2) is 64.5 Å². The zero-order valence-electron chi connectivity index (χ0n) is 19.2. The Kier molecular flexibility index (Phi) is 10.0. The third-order valence-corrected chi connectivity index (χ3v) is 5.96. The molecule has 1 aliphatic heterocycles. The highest BCUT2D eigenvalue weighted by atomic mass is 127. The van der Waals surface area contributed by atoms with Gasteiger partial charge in [0.1, 0.15) is 17.9 Å². The molecule has 1 aliphatic rings. The van der Waals surface area contributed by atoms with Crippen molar-refractivity contribution in [2.75, 3.05) is 44.7 Å². The molecule has 178 valence electrons. The van der Waals surface area contributed by atoms with Gasteiger partial charge >= 0.3 is 0 Å². The van der Waals surface area contributed by atoms with Gasteiger partial charge in [0.15, 0.2) is 5.96 Å². The molecular formula is C24H34IN7O. The SMILES string of the molecule is CN(CCCN=C(NCCc1ccco1)N1CCC(c2ncn[nH]2)CC1)c1ccccc1.I. The molecule has 1 saturated heterocycles. The Balaban J connectivity index is 0.00000306. The summed E-state index contributed by atoms with van der Waals surface area (Å²) in [6.07, 6.45) is 7.26. The minimum absolute atomic E-state index is 0. The Morgan fingerprint density at radius 3 is 2.73 bits per heavy atom. The van der Waals surface area contributed by atoms with Crippen LogP contribution in [0.5, 0.6) is 0 Å². The monoisotopic (exact) mass is 563 g/mol. The number of anilines is 1. The number of hydrogen-bond donors (Lipinski definition) is 2. The Morgan fingerprint density at radius 1 is 1.21 bits per heavy atom. The van der Waals surface area contributed by atoms with Crippen molar-refractivity contribution in [2.45, 2.75) is 31.6 Å². The first-order chi connectivity index (χ1) is 15.8. The fourth-order valence-corrected chi connectivity index (χ4v) is 4.10. The topological polar surface area (TPSA) is 85.6 Å². The Morgan fingerprint density at radius 2 is 2.03 bits per heavy atom. The van der Waals surface area contributed by atoms with Gasteiger partial charge in [-0.05, 0) is 43.5 Å². The van der Waals surface area contributed by atoms with Gasteiger partial charge < -0.3 is 19.5 Å². The van der Waals surface area contributed by atoms with Crippen molar-refractivity contribution in [3.63, 3.8) is 0 Å². The Labute approximate surface area is 212 Å². The molecule has 0 aliphatic carbocycles. The second-order valence-electron chi connectivity index (χ2n) is 8.20. The lowest BCUT2D eigenvalue weighted by Gasteiger charge is -2.33. The summed E-state index contributed by atoms with van der Waals surface area (Å²) >= 11 is 0. The summed E-state index contributed by atoms with van der Waals surface area (Å²) in [6.45, 7) is 4.49. The number of furan rings is 1. The second kappa shape index (κ2) is 13.2. The third kappa shape index (κ3) is 7.48. The van der Waals surface area contributed by atoms with Crippen LogP contribution in [0.3, 0.4) is 0 Å². The van der Waals surface area contributed by atoms with Crippen molar-refractivity contribution in [1.29, 1.82) is 0 Å². The van der Waals surface area contributed by atoms with E-state index in [-0.39, 0.29) is 24.0 Å². The Hall–Kier alpha value is -2.56. The van der Waals surface area contributed by atoms with Crippen molar-refractivity contribution >= 4 is 35.6 Å². The van der Waals surface area contributed by atoms with E-state index in [1.165, 1.54) is 5.69 Å². The first-order valence-electron chi connectivity index (χ1n) is 11.5. The van der Waals surface area contributed by atoms with E-state index in [0.717, 1.165) is 76.0 Å². The molecule has 2 aromatic heterocycles. The zero-order valence-corrected chi connectivity index (χ0v) is 21.5. The summed E-state index contributed by atoms with van der Waals surface area (Å²) < 4.78 is 5.47. The molecule has 9 heteroatoms. The molecule has 2 N–H and O–H groups in total. The molecule has 0 radical (unpaired) electrons. The van der Waals surface area contributed by atoms with E-state index < -0.39 is 0 Å². The molecule has 0 atom stereocenters. The van der Waals surface area contributed by atoms with Crippen molar-refractivity contribution in [3.05, 3.63) is 66.6 Å². The number of aromatic amines is 1. The van der Waals surface area contributed by atoms with Gasteiger partial charge in [-0.25, -0.2) is 4.98 Å². The molecule has 0 amide bonds. The summed E-state index contributed by atoms with van der Waals surface area (Å²) in [7, 11) is 2.13. The molecule has 33 heavy (non-hydrogen) atoms. The fraction of sp³-hybridized carbons (Fsp3) is 0.458. The highest BCUT2D eigenvalue weighted by Gasteiger charge is 2.24. The van der Waals surface area contributed by atoms with Gasteiger partial charge in [-0.2, -0.15) is 5.10 Å². The van der Waals surface area contributed by atoms with Crippen LogP contribution in [0.25, 0.3) is 0 Å². The van der Waals surface area contributed by atoms with Crippen LogP contribution < -0.4 is 10.2 Å². The number of benzene rings is 1. The first-order valence-corrected chi connectivity index (χ1v) is 11.5. The van der Waals surface area contributed by atoms with Crippen molar-refractivity contribution < 1.29 is 4.42 Å². The van der Waals surface area contributed by atoms with Crippen molar-refractivity contribution in [1.82, 2.24) is 25.4 Å². The van der Waals surface area contributed by atoms with E-state index in [2.05, 4.69) is 61.6 Å². The van der Waals surface area contributed by atoms with Gasteiger partial charge in [0, 0.05) is 57.8 Å². The van der Waals surface area contributed by atoms with E-state index in [9.17, 15) is 0 Å². The van der Waals surface area contributed by atoms with Gasteiger partial charge in [0.25, 0.3) is 0 Å². The lowest BCUT2D eigenvalue weighted by atomic mass is 9.96. The zero-order chi connectivity index (χ0) is 22.0. The molecule has 8 nitrogen and oxygen atoms in total. The average Bonchev–Trinajstić information content (AvgIpc) is 3.56. The summed E-state index contributed by atoms with van der Waals surface area (Å²) in [5, 5.41) is 10.6. The predicted molar refractivity (Wildman–Crippen MR) is 142 cm³/mol. The van der Waals surface area contributed by atoms with Crippen molar-refractivity contribution in [2.24, 2.45) is 4.99 Å². The minimum atomic E-state index is 0. The van der Waals surface area contributed by atoms with Crippen LogP contribution in [0.2, 0.25) is 0 Å². The van der Waals surface area contributed by atoms with Crippen LogP contribution in [0, 0.1) is 0 Å². The summed E-state index contributed by atoms with van der Waals surface area (Å²) in [4.78, 5) is 14.0. The number of nitrogens with one attached hydrogen (secondary N) is 2. The number of H-pyrrole nitrogens is 1. The van der Waals surface area contributed by atoms with Crippen LogP contribution in [-0.4, -0.2) is 65.8 Å². The fourth-order valence-electron chi connectivity index (χ4n) is 4.10. The number of rotatable bonds is 9. The number of aromatic nitrogens is 3. The maximum atomic E-state index is 5.47. The normalized spacial score (nSPS) is 14.7. The number of guanidine groups is 1. The van der Waals surface area contributed by atoms with Gasteiger partial charge in [0.05, 0.1) is 6.26 Å². The Bertz CT molecular complexity index is 923.